The van der Waals surface area contributed by atoms with Crippen molar-refractivity contribution in [2.24, 2.45) is 35.5 Å². The molecule has 0 aliphatic carbocycles. The van der Waals surface area contributed by atoms with Crippen molar-refractivity contribution < 1.29 is 66.3 Å². The van der Waals surface area contributed by atoms with Crippen LogP contribution in [0.1, 0.15) is 124 Å². The van der Waals surface area contributed by atoms with Crippen molar-refractivity contribution in [3.05, 3.63) is 49.1 Å². The summed E-state index contributed by atoms with van der Waals surface area (Å²) in [6.45, 7) is 54.0. The van der Waals surface area contributed by atoms with Crippen LogP contribution in [0.25, 0.3) is 0 Å². The molecule has 74 heavy (non-hydrogen) atoms. The maximum Gasteiger partial charge on any atom is 0.508 e. The number of rotatable bonds is 27. The fourth-order valence-electron chi connectivity index (χ4n) is 9.16. The van der Waals surface area contributed by atoms with Crippen molar-refractivity contribution >= 4 is 42.9 Å². The minimum atomic E-state index is -2.62. The molecule has 15 atom stereocenters. The quantitative estimate of drug-likeness (QED) is 0.0343. The summed E-state index contributed by atoms with van der Waals surface area (Å²) in [7, 11) is -6.38. The Morgan fingerprint density at radius 2 is 1.26 bits per heavy atom. The zero-order chi connectivity index (χ0) is 57.5. The van der Waals surface area contributed by atoms with E-state index in [4.69, 9.17) is 41.7 Å². The van der Waals surface area contributed by atoms with Crippen LogP contribution in [0.4, 0.5) is 4.79 Å². The molecule has 0 aromatic heterocycles. The van der Waals surface area contributed by atoms with Crippen molar-refractivity contribution in [3.63, 3.8) is 0 Å². The number of aliphatic hydroxyl groups is 2. The Balaban J connectivity index is 2.85. The average Bonchev–Trinajstić information content (AvgIpc) is 3.97. The largest absolute Gasteiger partial charge is 0.508 e. The van der Waals surface area contributed by atoms with E-state index in [9.17, 15) is 19.8 Å². The van der Waals surface area contributed by atoms with Gasteiger partial charge in [0.05, 0.1) is 30.5 Å². The maximum atomic E-state index is 15.1. The van der Waals surface area contributed by atoms with Crippen LogP contribution in [-0.4, -0.2) is 134 Å². The molecular formula is C57H104O14Si3. The molecule has 0 aromatic carbocycles. The third-order valence-electron chi connectivity index (χ3n) is 17.3. The van der Waals surface area contributed by atoms with Crippen LogP contribution in [0, 0.1) is 35.5 Å². The molecule has 2 aliphatic heterocycles. The number of esters is 1. The van der Waals surface area contributed by atoms with E-state index in [2.05, 4.69) is 115 Å². The van der Waals surface area contributed by atoms with Gasteiger partial charge in [0.1, 0.15) is 37.3 Å². The molecule has 17 heteroatoms. The van der Waals surface area contributed by atoms with Gasteiger partial charge in [-0.2, -0.15) is 0 Å². The highest BCUT2D eigenvalue weighted by atomic mass is 28.4. The summed E-state index contributed by atoms with van der Waals surface area (Å²) < 4.78 is 57.7. The second kappa shape index (κ2) is 26.1. The number of carbonyl (C=O) groups excluding carboxylic acids is 3. The molecule has 2 rings (SSSR count). The molecule has 0 amide bonds. The van der Waals surface area contributed by atoms with E-state index < -0.39 is 115 Å². The minimum absolute atomic E-state index is 0.0185. The van der Waals surface area contributed by atoms with Gasteiger partial charge in [-0.15, -0.1) is 0 Å². The monoisotopic (exact) mass is 1100 g/mol. The van der Waals surface area contributed by atoms with Crippen LogP contribution >= 0.6 is 0 Å². The fourth-order valence-corrected chi connectivity index (χ4v) is 13.2. The van der Waals surface area contributed by atoms with Crippen LogP contribution < -0.4 is 0 Å². The molecule has 0 unspecified atom stereocenters. The SMILES string of the molecule is C=CCOC(=O)OC[C@@H]([C@@H]1O[C@](O)([C@@H](C)/C=C(\C)[C@H](O[Si](C)(C)C(C)(C)C)[C@@H](C)C(=O)[C@@H](C)[C@H](OC)[C@@H](O[Si](C)(C)C(C)(C)C)C(=O)OCC=C)C[C@H](O)[C@H]1C)[C@H](O[Si](C)(C)C(C)(C)C)[C@@]1(C)O[C@@H]1[C@@H](C)/C=C\C. The number of carbonyl (C=O) groups is 3. The minimum Gasteiger partial charge on any atom is -0.460 e. The van der Waals surface area contributed by atoms with E-state index in [0.29, 0.717) is 5.57 Å². The Morgan fingerprint density at radius 3 is 1.73 bits per heavy atom. The highest BCUT2D eigenvalue weighted by Crippen LogP contribution is 2.53. The first-order valence-corrected chi connectivity index (χ1v) is 35.6. The lowest BCUT2D eigenvalue weighted by Gasteiger charge is -2.51. The number of allylic oxidation sites excluding steroid dienone is 1. The first-order valence-electron chi connectivity index (χ1n) is 26.9. The summed E-state index contributed by atoms with van der Waals surface area (Å²) in [6.07, 6.45) is 1.93. The van der Waals surface area contributed by atoms with Gasteiger partial charge in [0, 0.05) is 49.0 Å². The molecule has 0 radical (unpaired) electrons. The molecule has 2 aliphatic rings. The van der Waals surface area contributed by atoms with E-state index in [1.807, 2.05) is 66.8 Å². The zero-order valence-electron chi connectivity index (χ0n) is 50.4. The van der Waals surface area contributed by atoms with Gasteiger partial charge >= 0.3 is 12.1 Å². The van der Waals surface area contributed by atoms with Crippen molar-refractivity contribution in [2.75, 3.05) is 26.9 Å². The predicted molar refractivity (Wildman–Crippen MR) is 302 cm³/mol. The Kier molecular flexibility index (Phi) is 23.9. The van der Waals surface area contributed by atoms with E-state index in [1.165, 1.54) is 19.3 Å². The number of Topliss-reactive ketones (excluding diaryl/α,β-unsaturated/α-hetero) is 1. The predicted octanol–water partition coefficient (Wildman–Crippen LogP) is 12.1. The van der Waals surface area contributed by atoms with Gasteiger partial charge in [-0.3, -0.25) is 4.79 Å². The third-order valence-corrected chi connectivity index (χ3v) is 30.6. The Hall–Kier alpha value is -2.30. The first-order chi connectivity index (χ1) is 33.6. The van der Waals surface area contributed by atoms with Gasteiger partial charge in [-0.25, -0.2) is 9.59 Å². The standard InChI is InChI=1S/C57H104O14Si3/c1-27-30-36(4)49-56(19,68-49)50(71-74(25,26)55(16,17)18)42(35-66-52(61)65-32-29-3)46-39(7)43(58)34-57(62,67-46)38(6)33-37(5)45(69-72(21,22)53(10,11)12)40(8)44(59)41(9)47(63-20)48(51(60)64-31-28-2)70-73(23,24)54(13,14)15/h27-30,33,36,38-43,45-50,58,62H,2-3,31-32,34-35H2,1,4-26H3/b30-27-,37-33+/t36-,38-,39+,40-,41+,42-,43-,45-,46+,47-,48+,49+,50-,56-,57-/m0/s1. The Morgan fingerprint density at radius 1 is 0.770 bits per heavy atom. The second-order valence-electron chi connectivity index (χ2n) is 26.2. The average molecular weight is 1100 g/mol. The lowest BCUT2D eigenvalue weighted by molar-refractivity contribution is -0.318. The lowest BCUT2D eigenvalue weighted by Crippen LogP contribution is -2.61. The first kappa shape index (κ1) is 67.8. The van der Waals surface area contributed by atoms with E-state index in [0.717, 1.165) is 0 Å². The fraction of sp³-hybridized carbons (Fsp3) is 0.807. The summed E-state index contributed by atoms with van der Waals surface area (Å²) >= 11 is 0. The van der Waals surface area contributed by atoms with E-state index in [1.54, 1.807) is 6.92 Å². The molecule has 2 N–H and O–H groups in total. The zero-order valence-corrected chi connectivity index (χ0v) is 53.4. The highest BCUT2D eigenvalue weighted by Gasteiger charge is 2.65. The number of ketones is 1. The molecular weight excluding hydrogens is 993 g/mol. The van der Waals surface area contributed by atoms with Gasteiger partial charge < -0.3 is 51.9 Å². The summed E-state index contributed by atoms with van der Waals surface area (Å²) in [5.41, 5.74) is -0.188. The van der Waals surface area contributed by atoms with Gasteiger partial charge in [0.15, 0.2) is 36.8 Å². The molecule has 2 fully saturated rings. The van der Waals surface area contributed by atoms with Crippen LogP contribution in [0.5, 0.6) is 0 Å². The van der Waals surface area contributed by atoms with Gasteiger partial charge in [0.25, 0.3) is 0 Å². The molecule has 0 bridgehead atoms. The van der Waals surface area contributed by atoms with Crippen LogP contribution in [0.2, 0.25) is 54.4 Å². The van der Waals surface area contributed by atoms with Crippen molar-refractivity contribution in [1.29, 1.82) is 0 Å². The van der Waals surface area contributed by atoms with Crippen LogP contribution in [0.3, 0.4) is 0 Å². The molecule has 428 valence electrons. The van der Waals surface area contributed by atoms with Crippen molar-refractivity contribution in [3.8, 4) is 0 Å². The van der Waals surface area contributed by atoms with Crippen LogP contribution in [-0.2, 0) is 51.3 Å². The second-order valence-corrected chi connectivity index (χ2v) is 40.5. The Labute approximate surface area is 451 Å². The molecule has 14 nitrogen and oxygen atoms in total. The lowest BCUT2D eigenvalue weighted by atomic mass is 9.75. The molecule has 0 spiro atoms. The Bertz CT molecular complexity index is 1950. The third kappa shape index (κ3) is 16.6. The van der Waals surface area contributed by atoms with Gasteiger partial charge in [-0.05, 0) is 80.7 Å². The molecule has 2 saturated heterocycles. The summed E-state index contributed by atoms with van der Waals surface area (Å²) in [5.74, 6) is -6.52. The topological polar surface area (TPSA) is 178 Å². The van der Waals surface area contributed by atoms with Crippen molar-refractivity contribution in [1.82, 2.24) is 0 Å². The molecule has 2 heterocycles. The van der Waals surface area contributed by atoms with E-state index in [-0.39, 0.29) is 59.2 Å². The molecule has 0 aromatic rings. The number of epoxide rings is 1. The number of hydrogen-bond donors (Lipinski definition) is 2. The van der Waals surface area contributed by atoms with Gasteiger partial charge in [-0.1, -0.05) is 140 Å². The molecule has 0 saturated carbocycles. The number of hydrogen-bond acceptors (Lipinski definition) is 14. The van der Waals surface area contributed by atoms with Crippen LogP contribution in [0.15, 0.2) is 49.1 Å². The van der Waals surface area contributed by atoms with Gasteiger partial charge in [0.2, 0.25) is 0 Å². The smallest absolute Gasteiger partial charge is 0.460 e. The number of aliphatic hydroxyl groups excluding tert-OH is 1. The number of methoxy groups -OCH3 is 1. The van der Waals surface area contributed by atoms with Crippen molar-refractivity contribution in [2.45, 2.75) is 233 Å². The summed E-state index contributed by atoms with van der Waals surface area (Å²) in [6, 6.07) is 0. The number of ether oxygens (including phenoxy) is 6. The maximum absolute atomic E-state index is 15.1. The summed E-state index contributed by atoms with van der Waals surface area (Å²) in [5, 5.41) is 24.3. The highest BCUT2D eigenvalue weighted by molar-refractivity contribution is 6.75. The normalized spacial score (nSPS) is 27.2. The summed E-state index contributed by atoms with van der Waals surface area (Å²) in [4.78, 5) is 42.0. The van der Waals surface area contributed by atoms with E-state index >= 15 is 4.79 Å².